The zero-order valence-corrected chi connectivity index (χ0v) is 11.8. The van der Waals surface area contributed by atoms with Crippen LogP contribution < -0.4 is 10.5 Å². The number of aromatic nitrogens is 1. The molecule has 1 heterocycles. The topological polar surface area (TPSA) is 48.1 Å². The van der Waals surface area contributed by atoms with Crippen LogP contribution in [0.3, 0.4) is 0 Å². The van der Waals surface area contributed by atoms with E-state index < -0.39 is 0 Å². The predicted molar refractivity (Wildman–Crippen MR) is 75.3 cm³/mol. The third kappa shape index (κ3) is 3.09. The summed E-state index contributed by atoms with van der Waals surface area (Å²) in [5, 5.41) is 0. The molecule has 2 rings (SSSR count). The van der Waals surface area contributed by atoms with E-state index in [1.165, 1.54) is 0 Å². The molecule has 0 amide bonds. The van der Waals surface area contributed by atoms with Crippen LogP contribution in [0.25, 0.3) is 0 Å². The van der Waals surface area contributed by atoms with Gasteiger partial charge < -0.3 is 10.5 Å². The maximum absolute atomic E-state index is 5.67. The first-order chi connectivity index (χ1) is 8.70. The number of rotatable bonds is 4. The number of ether oxygens (including phenoxy) is 1. The van der Waals surface area contributed by atoms with Crippen LogP contribution in [0.5, 0.6) is 5.88 Å². The van der Waals surface area contributed by atoms with E-state index in [1.807, 2.05) is 43.3 Å². The normalized spacial score (nSPS) is 10.4. The molecule has 0 aliphatic carbocycles. The summed E-state index contributed by atoms with van der Waals surface area (Å²) in [6.07, 6.45) is 0. The van der Waals surface area contributed by atoms with Gasteiger partial charge in [-0.15, -0.1) is 0 Å². The zero-order chi connectivity index (χ0) is 13.0. The molecule has 0 atom stereocenters. The third-order valence-electron chi connectivity index (χ3n) is 2.72. The standard InChI is InChI=1S/C14H15BrN2O/c1-10-11(8-16)6-7-14(17-10)18-9-12-4-2-3-5-13(12)15/h2-7H,8-9,16H2,1H3. The van der Waals surface area contributed by atoms with Gasteiger partial charge >= 0.3 is 0 Å². The predicted octanol–water partition coefficient (Wildman–Crippen LogP) is 3.19. The SMILES string of the molecule is Cc1nc(OCc2ccccc2Br)ccc1CN. The highest BCUT2D eigenvalue weighted by molar-refractivity contribution is 9.10. The van der Waals surface area contributed by atoms with E-state index in [2.05, 4.69) is 20.9 Å². The number of nitrogens with zero attached hydrogens (tertiary/aromatic N) is 1. The van der Waals surface area contributed by atoms with E-state index in [-0.39, 0.29) is 0 Å². The van der Waals surface area contributed by atoms with E-state index in [0.717, 1.165) is 21.3 Å². The van der Waals surface area contributed by atoms with Crippen molar-refractivity contribution in [3.05, 3.63) is 57.7 Å². The summed E-state index contributed by atoms with van der Waals surface area (Å²) in [6, 6.07) is 11.8. The minimum Gasteiger partial charge on any atom is -0.473 e. The van der Waals surface area contributed by atoms with Crippen molar-refractivity contribution in [2.24, 2.45) is 5.73 Å². The van der Waals surface area contributed by atoms with Gasteiger partial charge in [0.25, 0.3) is 0 Å². The molecule has 0 saturated carbocycles. The number of pyridine rings is 1. The summed E-state index contributed by atoms with van der Waals surface area (Å²) in [7, 11) is 0. The van der Waals surface area contributed by atoms with Gasteiger partial charge in [-0.3, -0.25) is 0 Å². The molecule has 0 saturated heterocycles. The van der Waals surface area contributed by atoms with Crippen LogP contribution in [0.1, 0.15) is 16.8 Å². The lowest BCUT2D eigenvalue weighted by atomic mass is 10.2. The molecule has 0 spiro atoms. The van der Waals surface area contributed by atoms with Gasteiger partial charge in [-0.2, -0.15) is 0 Å². The second kappa shape index (κ2) is 5.98. The monoisotopic (exact) mass is 306 g/mol. The van der Waals surface area contributed by atoms with E-state index in [1.54, 1.807) is 0 Å². The Balaban J connectivity index is 2.07. The Kier molecular flexibility index (Phi) is 4.33. The summed E-state index contributed by atoms with van der Waals surface area (Å²) < 4.78 is 6.71. The van der Waals surface area contributed by atoms with Crippen molar-refractivity contribution in [3.8, 4) is 5.88 Å². The Morgan fingerprint density at radius 3 is 2.61 bits per heavy atom. The van der Waals surface area contributed by atoms with Gasteiger partial charge in [-0.25, -0.2) is 4.98 Å². The molecule has 1 aromatic carbocycles. The lowest BCUT2D eigenvalue weighted by Crippen LogP contribution is -2.03. The van der Waals surface area contributed by atoms with Crippen molar-refractivity contribution in [2.45, 2.75) is 20.1 Å². The van der Waals surface area contributed by atoms with Crippen LogP contribution in [0.2, 0.25) is 0 Å². The van der Waals surface area contributed by atoms with Crippen LogP contribution >= 0.6 is 15.9 Å². The van der Waals surface area contributed by atoms with Crippen LogP contribution in [0.15, 0.2) is 40.9 Å². The molecule has 0 aliphatic heterocycles. The van der Waals surface area contributed by atoms with Gasteiger partial charge in [-0.05, 0) is 18.6 Å². The summed E-state index contributed by atoms with van der Waals surface area (Å²) in [6.45, 7) is 2.94. The minimum atomic E-state index is 0.496. The van der Waals surface area contributed by atoms with Gasteiger partial charge in [0, 0.05) is 28.3 Å². The number of nitrogens with two attached hydrogens (primary N) is 1. The summed E-state index contributed by atoms with van der Waals surface area (Å²) in [5.41, 5.74) is 8.66. The fourth-order valence-electron chi connectivity index (χ4n) is 1.63. The largest absolute Gasteiger partial charge is 0.473 e. The van der Waals surface area contributed by atoms with Crippen LogP contribution in [0, 0.1) is 6.92 Å². The number of halogens is 1. The molecule has 0 radical (unpaired) electrons. The first-order valence-electron chi connectivity index (χ1n) is 5.73. The summed E-state index contributed by atoms with van der Waals surface area (Å²) >= 11 is 3.49. The fourth-order valence-corrected chi connectivity index (χ4v) is 2.03. The summed E-state index contributed by atoms with van der Waals surface area (Å²) in [5.74, 6) is 0.625. The zero-order valence-electron chi connectivity index (χ0n) is 10.2. The molecule has 1 aromatic heterocycles. The molecular formula is C14H15BrN2O. The van der Waals surface area contributed by atoms with Crippen molar-refractivity contribution >= 4 is 15.9 Å². The highest BCUT2D eigenvalue weighted by Gasteiger charge is 2.03. The molecule has 94 valence electrons. The highest BCUT2D eigenvalue weighted by Crippen LogP contribution is 2.18. The van der Waals surface area contributed by atoms with Crippen LogP contribution in [-0.4, -0.2) is 4.98 Å². The first kappa shape index (κ1) is 13.1. The molecule has 0 unspecified atom stereocenters. The van der Waals surface area contributed by atoms with Gasteiger partial charge in [0.2, 0.25) is 5.88 Å². The molecule has 3 nitrogen and oxygen atoms in total. The van der Waals surface area contributed by atoms with Crippen molar-refractivity contribution in [1.29, 1.82) is 0 Å². The quantitative estimate of drug-likeness (QED) is 0.943. The Morgan fingerprint density at radius 2 is 1.94 bits per heavy atom. The van der Waals surface area contributed by atoms with Gasteiger partial charge in [0.1, 0.15) is 6.61 Å². The van der Waals surface area contributed by atoms with Gasteiger partial charge in [-0.1, -0.05) is 40.2 Å². The van der Waals surface area contributed by atoms with Crippen molar-refractivity contribution < 1.29 is 4.74 Å². The Bertz CT molecular complexity index is 543. The van der Waals surface area contributed by atoms with Crippen LogP contribution in [0.4, 0.5) is 0 Å². The second-order valence-electron chi connectivity index (χ2n) is 3.98. The van der Waals surface area contributed by atoms with E-state index in [9.17, 15) is 0 Å². The van der Waals surface area contributed by atoms with E-state index in [0.29, 0.717) is 19.0 Å². The molecule has 2 N–H and O–H groups in total. The molecule has 0 bridgehead atoms. The highest BCUT2D eigenvalue weighted by atomic mass is 79.9. The molecule has 0 fully saturated rings. The van der Waals surface area contributed by atoms with Crippen molar-refractivity contribution in [2.75, 3.05) is 0 Å². The Hall–Kier alpha value is -1.39. The summed E-state index contributed by atoms with van der Waals surface area (Å²) in [4.78, 5) is 4.37. The van der Waals surface area contributed by atoms with E-state index in [4.69, 9.17) is 10.5 Å². The third-order valence-corrected chi connectivity index (χ3v) is 3.50. The molecule has 0 aliphatic rings. The maximum atomic E-state index is 5.67. The molecule has 2 aromatic rings. The fraction of sp³-hybridized carbons (Fsp3) is 0.214. The maximum Gasteiger partial charge on any atom is 0.213 e. The van der Waals surface area contributed by atoms with Crippen molar-refractivity contribution in [3.63, 3.8) is 0 Å². The van der Waals surface area contributed by atoms with Crippen molar-refractivity contribution in [1.82, 2.24) is 4.98 Å². The lowest BCUT2D eigenvalue weighted by molar-refractivity contribution is 0.292. The number of aryl methyl sites for hydroxylation is 1. The Labute approximate surface area is 115 Å². The first-order valence-corrected chi connectivity index (χ1v) is 6.53. The average molecular weight is 307 g/mol. The average Bonchev–Trinajstić information content (AvgIpc) is 2.38. The van der Waals surface area contributed by atoms with E-state index >= 15 is 0 Å². The second-order valence-corrected chi connectivity index (χ2v) is 4.83. The minimum absolute atomic E-state index is 0.496. The van der Waals surface area contributed by atoms with Crippen LogP contribution in [-0.2, 0) is 13.2 Å². The number of benzene rings is 1. The smallest absolute Gasteiger partial charge is 0.213 e. The van der Waals surface area contributed by atoms with Gasteiger partial charge in [0.05, 0.1) is 0 Å². The Morgan fingerprint density at radius 1 is 1.17 bits per heavy atom. The molecular weight excluding hydrogens is 292 g/mol. The number of hydrogen-bond donors (Lipinski definition) is 1. The van der Waals surface area contributed by atoms with Gasteiger partial charge in [0.15, 0.2) is 0 Å². The molecule has 18 heavy (non-hydrogen) atoms. The molecule has 4 heteroatoms. The lowest BCUT2D eigenvalue weighted by Gasteiger charge is -2.09. The number of hydrogen-bond acceptors (Lipinski definition) is 3.